The van der Waals surface area contributed by atoms with Crippen molar-refractivity contribution in [1.29, 1.82) is 0 Å². The molecule has 0 aromatic rings. The van der Waals surface area contributed by atoms with Gasteiger partial charge in [-0.2, -0.15) is 0 Å². The van der Waals surface area contributed by atoms with Crippen LogP contribution in [0.3, 0.4) is 0 Å². The molecular weight excluding hydrogens is 202 g/mol. The molecule has 0 aromatic carbocycles. The number of nitrogens with zero attached hydrogens (tertiary/aromatic N) is 2. The maximum atomic E-state index is 9.78. The molecule has 16 heavy (non-hydrogen) atoms. The Morgan fingerprint density at radius 3 is 2.44 bits per heavy atom. The average molecular weight is 227 g/mol. The fraction of sp³-hybridized carbons (Fsp3) is 1.00. The highest BCUT2D eigenvalue weighted by molar-refractivity contribution is 4.85. The Morgan fingerprint density at radius 2 is 1.94 bits per heavy atom. The van der Waals surface area contributed by atoms with Gasteiger partial charge in [-0.1, -0.05) is 0 Å². The summed E-state index contributed by atoms with van der Waals surface area (Å²) < 4.78 is 0. The molecule has 0 spiro atoms. The monoisotopic (exact) mass is 227 g/mol. The fourth-order valence-electron chi connectivity index (χ4n) is 2.78. The molecule has 0 bridgehead atoms. The summed E-state index contributed by atoms with van der Waals surface area (Å²) >= 11 is 0. The van der Waals surface area contributed by atoms with Gasteiger partial charge in [0, 0.05) is 45.3 Å². The highest BCUT2D eigenvalue weighted by Crippen LogP contribution is 2.13. The van der Waals surface area contributed by atoms with E-state index in [1.807, 2.05) is 13.8 Å². The van der Waals surface area contributed by atoms with Crippen LogP contribution in [0.5, 0.6) is 0 Å². The predicted molar refractivity (Wildman–Crippen MR) is 65.6 cm³/mol. The predicted octanol–water partition coefficient (Wildman–Crippen LogP) is -0.263. The van der Waals surface area contributed by atoms with Gasteiger partial charge in [0.2, 0.25) is 0 Å². The molecule has 0 unspecified atom stereocenters. The van der Waals surface area contributed by atoms with Crippen molar-refractivity contribution in [1.82, 2.24) is 15.1 Å². The first-order chi connectivity index (χ1) is 7.54. The van der Waals surface area contributed by atoms with Crippen LogP contribution >= 0.6 is 0 Å². The zero-order chi connectivity index (χ0) is 11.6. The van der Waals surface area contributed by atoms with Crippen LogP contribution in [0.25, 0.3) is 0 Å². The molecule has 2 heterocycles. The molecule has 2 rings (SSSR count). The number of piperazine rings is 1. The number of rotatable bonds is 3. The first kappa shape index (κ1) is 12.3. The summed E-state index contributed by atoms with van der Waals surface area (Å²) in [7, 11) is 0. The van der Waals surface area contributed by atoms with Gasteiger partial charge in [0.25, 0.3) is 0 Å². The van der Waals surface area contributed by atoms with Crippen LogP contribution < -0.4 is 5.32 Å². The van der Waals surface area contributed by atoms with E-state index in [1.165, 1.54) is 13.0 Å². The van der Waals surface area contributed by atoms with Crippen LogP contribution in [-0.2, 0) is 0 Å². The minimum Gasteiger partial charge on any atom is -0.389 e. The first-order valence-electron chi connectivity index (χ1n) is 6.44. The Balaban J connectivity index is 1.74. The minimum atomic E-state index is -0.558. The summed E-state index contributed by atoms with van der Waals surface area (Å²) in [5, 5.41) is 13.2. The molecule has 2 N–H and O–H groups in total. The smallest absolute Gasteiger partial charge is 0.0718 e. The molecule has 0 aromatic heterocycles. The highest BCUT2D eigenvalue weighted by atomic mass is 16.3. The number of β-amino-alcohol motifs (C(OH)–C–C–N with tert-alkyl or cyclic N) is 1. The number of hydrogen-bond acceptors (Lipinski definition) is 4. The summed E-state index contributed by atoms with van der Waals surface area (Å²) in [6.07, 6.45) is 1.30. The van der Waals surface area contributed by atoms with Gasteiger partial charge in [-0.3, -0.25) is 9.80 Å². The quantitative estimate of drug-likeness (QED) is 0.697. The maximum Gasteiger partial charge on any atom is 0.0718 e. The van der Waals surface area contributed by atoms with E-state index in [4.69, 9.17) is 0 Å². The summed E-state index contributed by atoms with van der Waals surface area (Å²) in [4.78, 5) is 4.97. The van der Waals surface area contributed by atoms with Crippen molar-refractivity contribution >= 4 is 0 Å². The van der Waals surface area contributed by atoms with Crippen LogP contribution in [0.4, 0.5) is 0 Å². The van der Waals surface area contributed by atoms with Crippen LogP contribution in [0.1, 0.15) is 20.3 Å². The largest absolute Gasteiger partial charge is 0.389 e. The van der Waals surface area contributed by atoms with Crippen molar-refractivity contribution < 1.29 is 5.11 Å². The first-order valence-corrected chi connectivity index (χ1v) is 6.44. The van der Waals surface area contributed by atoms with E-state index in [0.717, 1.165) is 45.3 Å². The summed E-state index contributed by atoms with van der Waals surface area (Å²) in [6, 6.07) is 0.754. The van der Waals surface area contributed by atoms with Crippen molar-refractivity contribution in [2.24, 2.45) is 0 Å². The lowest BCUT2D eigenvalue weighted by atomic mass is 10.1. The van der Waals surface area contributed by atoms with Crippen molar-refractivity contribution in [2.75, 3.05) is 45.8 Å². The average Bonchev–Trinajstić information content (AvgIpc) is 2.69. The Labute approximate surface area is 98.6 Å². The van der Waals surface area contributed by atoms with E-state index in [2.05, 4.69) is 15.1 Å². The SMILES string of the molecule is CC(C)(O)CN1CCN([C@@H]2CCNC2)CC1. The molecule has 4 heteroatoms. The molecular formula is C12H25N3O. The second kappa shape index (κ2) is 5.00. The number of hydrogen-bond donors (Lipinski definition) is 2. The van der Waals surface area contributed by atoms with Gasteiger partial charge in [0.1, 0.15) is 0 Å². The van der Waals surface area contributed by atoms with E-state index in [-0.39, 0.29) is 0 Å². The van der Waals surface area contributed by atoms with Gasteiger partial charge in [0.05, 0.1) is 5.60 Å². The van der Waals surface area contributed by atoms with Crippen molar-refractivity contribution in [3.63, 3.8) is 0 Å². The second-order valence-corrected chi connectivity index (χ2v) is 5.77. The van der Waals surface area contributed by atoms with Crippen molar-refractivity contribution in [3.05, 3.63) is 0 Å². The second-order valence-electron chi connectivity index (χ2n) is 5.77. The lowest BCUT2D eigenvalue weighted by Gasteiger charge is -2.39. The molecule has 2 aliphatic heterocycles. The van der Waals surface area contributed by atoms with Gasteiger partial charge in [-0.05, 0) is 26.8 Å². The van der Waals surface area contributed by atoms with E-state index in [1.54, 1.807) is 0 Å². The summed E-state index contributed by atoms with van der Waals surface area (Å²) in [6.45, 7) is 11.4. The van der Waals surface area contributed by atoms with Crippen molar-refractivity contribution in [2.45, 2.75) is 31.9 Å². The standard InChI is InChI=1S/C12H25N3O/c1-12(2,16)10-14-5-7-15(8-6-14)11-3-4-13-9-11/h11,13,16H,3-10H2,1-2H3/t11-/m1/s1. The Bertz CT molecular complexity index is 213. The van der Waals surface area contributed by atoms with E-state index in [0.29, 0.717) is 0 Å². The third-order valence-electron chi connectivity index (χ3n) is 3.57. The van der Waals surface area contributed by atoms with Gasteiger partial charge in [0.15, 0.2) is 0 Å². The lowest BCUT2D eigenvalue weighted by Crippen LogP contribution is -2.53. The third kappa shape index (κ3) is 3.42. The fourth-order valence-corrected chi connectivity index (χ4v) is 2.78. The van der Waals surface area contributed by atoms with Crippen molar-refractivity contribution in [3.8, 4) is 0 Å². The summed E-state index contributed by atoms with van der Waals surface area (Å²) in [5.41, 5.74) is -0.558. The third-order valence-corrected chi connectivity index (χ3v) is 3.57. The number of aliphatic hydroxyl groups is 1. The molecule has 1 atom stereocenters. The van der Waals surface area contributed by atoms with Gasteiger partial charge in [-0.15, -0.1) is 0 Å². The molecule has 2 aliphatic rings. The van der Waals surface area contributed by atoms with Gasteiger partial charge >= 0.3 is 0 Å². The van der Waals surface area contributed by atoms with Gasteiger partial charge < -0.3 is 10.4 Å². The van der Waals surface area contributed by atoms with Crippen LogP contribution in [0.15, 0.2) is 0 Å². The van der Waals surface area contributed by atoms with E-state index >= 15 is 0 Å². The Hall–Kier alpha value is -0.160. The van der Waals surface area contributed by atoms with Crippen LogP contribution in [0.2, 0.25) is 0 Å². The lowest BCUT2D eigenvalue weighted by molar-refractivity contribution is 0.0123. The zero-order valence-corrected chi connectivity index (χ0v) is 10.6. The molecule has 0 radical (unpaired) electrons. The topological polar surface area (TPSA) is 38.7 Å². The molecule has 0 aliphatic carbocycles. The van der Waals surface area contributed by atoms with Crippen LogP contribution in [-0.4, -0.2) is 72.4 Å². The Kier molecular flexibility index (Phi) is 3.85. The highest BCUT2D eigenvalue weighted by Gasteiger charge is 2.27. The Morgan fingerprint density at radius 1 is 1.25 bits per heavy atom. The minimum absolute atomic E-state index is 0.558. The molecule has 4 nitrogen and oxygen atoms in total. The zero-order valence-electron chi connectivity index (χ0n) is 10.6. The normalized spacial score (nSPS) is 29.8. The van der Waals surface area contributed by atoms with Gasteiger partial charge in [-0.25, -0.2) is 0 Å². The maximum absolute atomic E-state index is 9.78. The molecule has 94 valence electrons. The number of nitrogens with one attached hydrogen (secondary N) is 1. The van der Waals surface area contributed by atoms with E-state index in [9.17, 15) is 5.11 Å². The van der Waals surface area contributed by atoms with Crippen LogP contribution in [0, 0.1) is 0 Å². The molecule has 0 saturated carbocycles. The molecule has 2 fully saturated rings. The van der Waals surface area contributed by atoms with E-state index < -0.39 is 5.60 Å². The molecule has 2 saturated heterocycles. The molecule has 0 amide bonds. The summed E-state index contributed by atoms with van der Waals surface area (Å²) in [5.74, 6) is 0.